The van der Waals surface area contributed by atoms with E-state index in [4.69, 9.17) is 9.84 Å². The lowest BCUT2D eigenvalue weighted by molar-refractivity contribution is -0.116. The maximum Gasteiger partial charge on any atom is 0.335 e. The first kappa shape index (κ1) is 17.7. The van der Waals surface area contributed by atoms with Crippen LogP contribution in [0.5, 0.6) is 0 Å². The van der Waals surface area contributed by atoms with Gasteiger partial charge < -0.3 is 15.2 Å². The van der Waals surface area contributed by atoms with Crippen molar-refractivity contribution in [1.82, 2.24) is 0 Å². The van der Waals surface area contributed by atoms with E-state index < -0.39 is 5.97 Å². The lowest BCUT2D eigenvalue weighted by Crippen LogP contribution is -2.13. The van der Waals surface area contributed by atoms with Crippen molar-refractivity contribution in [2.24, 2.45) is 0 Å². The number of aryl methyl sites for hydroxylation is 2. The number of rotatable bonds is 7. The fraction of sp³-hybridized carbons (Fsp3) is 0.263. The Morgan fingerprint density at radius 3 is 2.58 bits per heavy atom. The minimum atomic E-state index is -1.04. The number of carbonyl (C=O) groups is 2. The van der Waals surface area contributed by atoms with Gasteiger partial charge in [-0.15, -0.1) is 0 Å². The second kappa shape index (κ2) is 8.26. The van der Waals surface area contributed by atoms with Crippen LogP contribution in [0.15, 0.2) is 42.5 Å². The van der Waals surface area contributed by atoms with E-state index >= 15 is 0 Å². The smallest absolute Gasteiger partial charge is 0.335 e. The van der Waals surface area contributed by atoms with E-state index in [1.807, 2.05) is 25.1 Å². The average molecular weight is 327 g/mol. The molecule has 1 amide bonds. The molecule has 0 aromatic heterocycles. The molecule has 2 N–H and O–H groups in total. The maximum absolute atomic E-state index is 12.1. The highest BCUT2D eigenvalue weighted by molar-refractivity contribution is 5.94. The standard InChI is InChI=1S/C19H21NO4/c1-13-4-3-5-14(8-13)6-7-18(21)20-17-10-15(12-24-2)9-16(11-17)19(22)23/h3-5,8-11H,6-7,12H2,1-2H3,(H,20,21)(H,22,23). The number of nitrogens with one attached hydrogen (secondary N) is 1. The third-order valence-electron chi connectivity index (χ3n) is 3.56. The molecule has 0 atom stereocenters. The number of hydrogen-bond acceptors (Lipinski definition) is 3. The molecule has 0 fully saturated rings. The molecule has 5 nitrogen and oxygen atoms in total. The highest BCUT2D eigenvalue weighted by atomic mass is 16.5. The molecule has 0 unspecified atom stereocenters. The first-order valence-electron chi connectivity index (χ1n) is 7.69. The Bertz CT molecular complexity index is 740. The minimum absolute atomic E-state index is 0.124. The summed E-state index contributed by atoms with van der Waals surface area (Å²) in [5.41, 5.74) is 3.55. The maximum atomic E-state index is 12.1. The van der Waals surface area contributed by atoms with Crippen molar-refractivity contribution in [3.8, 4) is 0 Å². The van der Waals surface area contributed by atoms with Gasteiger partial charge in [-0.05, 0) is 42.7 Å². The molecule has 0 aliphatic carbocycles. The van der Waals surface area contributed by atoms with Crippen molar-refractivity contribution < 1.29 is 19.4 Å². The van der Waals surface area contributed by atoms with Crippen LogP contribution in [-0.2, 0) is 22.6 Å². The van der Waals surface area contributed by atoms with Crippen LogP contribution in [-0.4, -0.2) is 24.1 Å². The van der Waals surface area contributed by atoms with E-state index in [1.54, 1.807) is 6.07 Å². The number of ether oxygens (including phenoxy) is 1. The highest BCUT2D eigenvalue weighted by Crippen LogP contribution is 2.17. The Hall–Kier alpha value is -2.66. The van der Waals surface area contributed by atoms with Gasteiger partial charge in [0.15, 0.2) is 0 Å². The van der Waals surface area contributed by atoms with Gasteiger partial charge in [-0.25, -0.2) is 4.79 Å². The van der Waals surface area contributed by atoms with Gasteiger partial charge >= 0.3 is 5.97 Å². The molecule has 2 rings (SSSR count). The van der Waals surface area contributed by atoms with Crippen molar-refractivity contribution in [1.29, 1.82) is 0 Å². The zero-order chi connectivity index (χ0) is 17.5. The molecule has 0 bridgehead atoms. The Morgan fingerprint density at radius 1 is 1.12 bits per heavy atom. The number of carboxylic acid groups (broad SMARTS) is 1. The minimum Gasteiger partial charge on any atom is -0.478 e. The first-order chi connectivity index (χ1) is 11.5. The van der Waals surface area contributed by atoms with Crippen molar-refractivity contribution in [3.63, 3.8) is 0 Å². The van der Waals surface area contributed by atoms with E-state index in [-0.39, 0.29) is 18.1 Å². The molecule has 0 radical (unpaired) electrons. The summed E-state index contributed by atoms with van der Waals surface area (Å²) in [6.07, 6.45) is 0.970. The molecule has 0 heterocycles. The molecule has 0 spiro atoms. The third-order valence-corrected chi connectivity index (χ3v) is 3.56. The number of methoxy groups -OCH3 is 1. The van der Waals surface area contributed by atoms with Gasteiger partial charge in [-0.3, -0.25) is 4.79 Å². The predicted octanol–water partition coefficient (Wildman–Crippen LogP) is 3.41. The molecule has 0 aliphatic heterocycles. The largest absolute Gasteiger partial charge is 0.478 e. The SMILES string of the molecule is COCc1cc(NC(=O)CCc2cccc(C)c2)cc(C(=O)O)c1. The number of carbonyl (C=O) groups excluding carboxylic acids is 1. The predicted molar refractivity (Wildman–Crippen MR) is 92.2 cm³/mol. The van der Waals surface area contributed by atoms with E-state index in [0.717, 1.165) is 11.1 Å². The van der Waals surface area contributed by atoms with E-state index in [2.05, 4.69) is 11.4 Å². The zero-order valence-electron chi connectivity index (χ0n) is 13.8. The molecular weight excluding hydrogens is 306 g/mol. The summed E-state index contributed by atoms with van der Waals surface area (Å²) >= 11 is 0. The molecule has 0 saturated heterocycles. The van der Waals surface area contributed by atoms with Gasteiger partial charge in [0.1, 0.15) is 0 Å². The van der Waals surface area contributed by atoms with Crippen LogP contribution in [0.3, 0.4) is 0 Å². The van der Waals surface area contributed by atoms with Crippen LogP contribution in [0.2, 0.25) is 0 Å². The molecule has 2 aromatic carbocycles. The summed E-state index contributed by atoms with van der Waals surface area (Å²) in [5, 5.41) is 11.9. The number of carboxylic acids is 1. The first-order valence-corrected chi connectivity index (χ1v) is 7.69. The van der Waals surface area contributed by atoms with Gasteiger partial charge in [0.05, 0.1) is 12.2 Å². The Morgan fingerprint density at radius 2 is 1.92 bits per heavy atom. The molecule has 2 aromatic rings. The normalized spacial score (nSPS) is 10.4. The highest BCUT2D eigenvalue weighted by Gasteiger charge is 2.10. The van der Waals surface area contributed by atoms with Crippen LogP contribution in [0.1, 0.15) is 33.5 Å². The number of aromatic carboxylic acids is 1. The van der Waals surface area contributed by atoms with Crippen molar-refractivity contribution in [2.75, 3.05) is 12.4 Å². The Balaban J connectivity index is 2.03. The van der Waals surface area contributed by atoms with Crippen LogP contribution >= 0.6 is 0 Å². The van der Waals surface area contributed by atoms with Crippen LogP contribution in [0.4, 0.5) is 5.69 Å². The summed E-state index contributed by atoms with van der Waals surface area (Å²) in [6, 6.07) is 12.7. The van der Waals surface area contributed by atoms with Crippen LogP contribution < -0.4 is 5.32 Å². The second-order valence-electron chi connectivity index (χ2n) is 5.69. The van der Waals surface area contributed by atoms with Crippen molar-refractivity contribution >= 4 is 17.6 Å². The molecule has 0 saturated carbocycles. The average Bonchev–Trinajstić information content (AvgIpc) is 2.53. The van der Waals surface area contributed by atoms with Gasteiger partial charge in [-0.2, -0.15) is 0 Å². The van der Waals surface area contributed by atoms with Gasteiger partial charge in [0, 0.05) is 19.2 Å². The zero-order valence-corrected chi connectivity index (χ0v) is 13.8. The molecule has 24 heavy (non-hydrogen) atoms. The lowest BCUT2D eigenvalue weighted by Gasteiger charge is -2.09. The van der Waals surface area contributed by atoms with Gasteiger partial charge in [0.2, 0.25) is 5.91 Å². The monoisotopic (exact) mass is 327 g/mol. The summed E-state index contributed by atoms with van der Waals surface area (Å²) in [6.45, 7) is 2.30. The van der Waals surface area contributed by atoms with E-state index in [9.17, 15) is 9.59 Å². The number of amides is 1. The van der Waals surface area contributed by atoms with E-state index in [1.165, 1.54) is 19.2 Å². The van der Waals surface area contributed by atoms with E-state index in [0.29, 0.717) is 24.1 Å². The second-order valence-corrected chi connectivity index (χ2v) is 5.69. The fourth-order valence-corrected chi connectivity index (χ4v) is 2.49. The molecule has 126 valence electrons. The fourth-order valence-electron chi connectivity index (χ4n) is 2.49. The third kappa shape index (κ3) is 5.21. The number of anilines is 1. The Labute approximate surface area is 141 Å². The molecule has 5 heteroatoms. The lowest BCUT2D eigenvalue weighted by atomic mass is 10.1. The van der Waals surface area contributed by atoms with Gasteiger partial charge in [0.25, 0.3) is 0 Å². The number of hydrogen-bond donors (Lipinski definition) is 2. The number of benzene rings is 2. The molecular formula is C19H21NO4. The topological polar surface area (TPSA) is 75.6 Å². The summed E-state index contributed by atoms with van der Waals surface area (Å²) in [7, 11) is 1.54. The van der Waals surface area contributed by atoms with Gasteiger partial charge in [-0.1, -0.05) is 29.8 Å². The Kier molecular flexibility index (Phi) is 6.09. The van der Waals surface area contributed by atoms with Crippen molar-refractivity contribution in [2.45, 2.75) is 26.4 Å². The quantitative estimate of drug-likeness (QED) is 0.817. The summed E-state index contributed by atoms with van der Waals surface area (Å²) in [4.78, 5) is 23.3. The van der Waals surface area contributed by atoms with Crippen LogP contribution in [0.25, 0.3) is 0 Å². The van der Waals surface area contributed by atoms with Crippen molar-refractivity contribution in [3.05, 3.63) is 64.7 Å². The summed E-state index contributed by atoms with van der Waals surface area (Å²) in [5.74, 6) is -1.19. The van der Waals surface area contributed by atoms with Crippen LogP contribution in [0, 0.1) is 6.92 Å². The summed E-state index contributed by atoms with van der Waals surface area (Å²) < 4.78 is 5.03. The molecule has 0 aliphatic rings.